The second-order valence-corrected chi connectivity index (χ2v) is 5.54. The van der Waals surface area contributed by atoms with Gasteiger partial charge in [-0.05, 0) is 39.7 Å². The molecule has 5 heteroatoms. The molecule has 0 aromatic heterocycles. The lowest BCUT2D eigenvalue weighted by Gasteiger charge is -2.46. The van der Waals surface area contributed by atoms with Crippen molar-refractivity contribution in [2.75, 3.05) is 19.3 Å². The third kappa shape index (κ3) is 3.57. The van der Waals surface area contributed by atoms with Crippen LogP contribution >= 0.6 is 12.0 Å². The minimum Gasteiger partial charge on any atom is -0.444 e. The first-order valence-corrected chi connectivity index (χ1v) is 6.10. The molecule has 0 atom stereocenters. The summed E-state index contributed by atoms with van der Waals surface area (Å²) in [7, 11) is 0. The molecule has 1 aliphatic heterocycles. The normalized spacial score (nSPS) is 19.7. The fourth-order valence-electron chi connectivity index (χ4n) is 1.47. The van der Waals surface area contributed by atoms with Crippen molar-refractivity contribution in [3.63, 3.8) is 0 Å². The summed E-state index contributed by atoms with van der Waals surface area (Å²) in [6.45, 7) is 8.78. The molecule has 0 aromatic carbocycles. The second-order valence-electron chi connectivity index (χ2n) is 5.04. The first kappa shape index (κ1) is 12.6. The number of rotatable bonds is 2. The van der Waals surface area contributed by atoms with Crippen LogP contribution in [-0.4, -0.2) is 41.5 Å². The Hall–Kier alpha value is -0.420. The van der Waals surface area contributed by atoms with Gasteiger partial charge in [0.2, 0.25) is 0 Å². The largest absolute Gasteiger partial charge is 0.444 e. The Morgan fingerprint density at radius 1 is 1.40 bits per heavy atom. The summed E-state index contributed by atoms with van der Waals surface area (Å²) < 4.78 is 10.7. The van der Waals surface area contributed by atoms with E-state index >= 15 is 0 Å². The molecule has 0 radical (unpaired) electrons. The molecule has 0 bridgehead atoms. The Balaban J connectivity index is 2.35. The van der Waals surface area contributed by atoms with Gasteiger partial charge in [0.1, 0.15) is 11.2 Å². The van der Waals surface area contributed by atoms with Gasteiger partial charge in [-0.3, -0.25) is 0 Å². The lowest BCUT2D eigenvalue weighted by atomic mass is 9.98. The summed E-state index contributed by atoms with van der Waals surface area (Å²) in [4.78, 5) is 13.2. The van der Waals surface area contributed by atoms with Crippen LogP contribution < -0.4 is 0 Å². The average Bonchev–Trinajstić information content (AvgIpc) is 1.96. The van der Waals surface area contributed by atoms with Gasteiger partial charge in [-0.1, -0.05) is 0 Å². The number of likely N-dealkylation sites (tertiary alicyclic amines) is 1. The standard InChI is InChI=1S/C10H19NO3S/c1-9(2,3)13-8(12)11-6-10(4,7-11)14-15-5/h6-7H2,1-5H3. The predicted octanol–water partition coefficient (Wildman–Crippen LogP) is 2.29. The highest BCUT2D eigenvalue weighted by molar-refractivity contribution is 7.93. The lowest BCUT2D eigenvalue weighted by molar-refractivity contribution is -0.0624. The van der Waals surface area contributed by atoms with Crippen LogP contribution in [0.1, 0.15) is 27.7 Å². The highest BCUT2D eigenvalue weighted by Crippen LogP contribution is 2.29. The molecular weight excluding hydrogens is 214 g/mol. The second kappa shape index (κ2) is 4.22. The van der Waals surface area contributed by atoms with Crippen molar-refractivity contribution in [2.24, 2.45) is 0 Å². The first-order valence-electron chi connectivity index (χ1n) is 4.95. The molecule has 1 heterocycles. The van der Waals surface area contributed by atoms with Gasteiger partial charge < -0.3 is 13.8 Å². The van der Waals surface area contributed by atoms with Crippen molar-refractivity contribution in [3.05, 3.63) is 0 Å². The van der Waals surface area contributed by atoms with Crippen molar-refractivity contribution in [1.82, 2.24) is 4.90 Å². The highest BCUT2D eigenvalue weighted by Gasteiger charge is 2.44. The van der Waals surface area contributed by atoms with Gasteiger partial charge in [0.25, 0.3) is 0 Å². The number of nitrogens with zero attached hydrogens (tertiary/aromatic N) is 1. The number of hydrogen-bond acceptors (Lipinski definition) is 4. The van der Waals surface area contributed by atoms with Crippen LogP contribution in [0.25, 0.3) is 0 Å². The Morgan fingerprint density at radius 2 is 1.93 bits per heavy atom. The van der Waals surface area contributed by atoms with Crippen molar-refractivity contribution < 1.29 is 13.7 Å². The summed E-state index contributed by atoms with van der Waals surface area (Å²) in [6, 6.07) is 0. The Bertz CT molecular complexity index is 244. The zero-order valence-electron chi connectivity index (χ0n) is 9.99. The van der Waals surface area contributed by atoms with Gasteiger partial charge in [0, 0.05) is 6.26 Å². The molecule has 0 spiro atoms. The number of hydrogen-bond donors (Lipinski definition) is 0. The van der Waals surface area contributed by atoms with Gasteiger partial charge in [-0.2, -0.15) is 0 Å². The summed E-state index contributed by atoms with van der Waals surface area (Å²) in [5, 5.41) is 0. The molecule has 0 aliphatic carbocycles. The van der Waals surface area contributed by atoms with Crippen molar-refractivity contribution >= 4 is 18.1 Å². The van der Waals surface area contributed by atoms with Gasteiger partial charge >= 0.3 is 6.09 Å². The molecule has 1 fully saturated rings. The monoisotopic (exact) mass is 233 g/mol. The van der Waals surface area contributed by atoms with Crippen LogP contribution in [-0.2, 0) is 8.92 Å². The van der Waals surface area contributed by atoms with E-state index in [1.54, 1.807) is 4.90 Å². The minimum absolute atomic E-state index is 0.212. The van der Waals surface area contributed by atoms with Crippen LogP contribution in [0.15, 0.2) is 0 Å². The van der Waals surface area contributed by atoms with E-state index in [-0.39, 0.29) is 11.7 Å². The summed E-state index contributed by atoms with van der Waals surface area (Å²) >= 11 is 1.33. The van der Waals surface area contributed by atoms with Crippen molar-refractivity contribution in [2.45, 2.75) is 38.9 Å². The molecule has 0 aromatic rings. The van der Waals surface area contributed by atoms with E-state index in [1.165, 1.54) is 12.0 Å². The third-order valence-corrected chi connectivity index (χ3v) is 2.56. The Morgan fingerprint density at radius 3 is 2.33 bits per heavy atom. The summed E-state index contributed by atoms with van der Waals surface area (Å²) in [5.41, 5.74) is -0.639. The maximum atomic E-state index is 11.6. The fourth-order valence-corrected chi connectivity index (χ4v) is 1.98. The molecule has 1 amide bonds. The Kier molecular flexibility index (Phi) is 3.55. The van der Waals surface area contributed by atoms with Crippen LogP contribution in [0.3, 0.4) is 0 Å². The van der Waals surface area contributed by atoms with Crippen molar-refractivity contribution in [1.29, 1.82) is 0 Å². The minimum atomic E-state index is -0.427. The molecular formula is C10H19NO3S. The smallest absolute Gasteiger partial charge is 0.410 e. The topological polar surface area (TPSA) is 38.8 Å². The lowest BCUT2D eigenvalue weighted by Crippen LogP contribution is -2.63. The predicted molar refractivity (Wildman–Crippen MR) is 60.8 cm³/mol. The van der Waals surface area contributed by atoms with Gasteiger partial charge in [0.15, 0.2) is 0 Å². The van der Waals surface area contributed by atoms with Crippen LogP contribution in [0.4, 0.5) is 4.79 Å². The quantitative estimate of drug-likeness (QED) is 0.686. The number of carbonyl (C=O) groups is 1. The van der Waals surface area contributed by atoms with Crippen LogP contribution in [0.2, 0.25) is 0 Å². The van der Waals surface area contributed by atoms with E-state index in [9.17, 15) is 4.79 Å². The molecule has 1 saturated heterocycles. The van der Waals surface area contributed by atoms with E-state index in [0.29, 0.717) is 13.1 Å². The number of carbonyl (C=O) groups excluding carboxylic acids is 1. The van der Waals surface area contributed by atoms with Gasteiger partial charge in [-0.15, -0.1) is 0 Å². The SMILES string of the molecule is CSOC1(C)CN(C(=O)OC(C)(C)C)C1. The summed E-state index contributed by atoms with van der Waals surface area (Å²) in [5.74, 6) is 0. The molecule has 0 unspecified atom stereocenters. The molecule has 1 aliphatic rings. The highest BCUT2D eigenvalue weighted by atomic mass is 32.2. The van der Waals surface area contributed by atoms with E-state index in [4.69, 9.17) is 8.92 Å². The molecule has 0 saturated carbocycles. The van der Waals surface area contributed by atoms with Gasteiger partial charge in [0.05, 0.1) is 13.1 Å². The van der Waals surface area contributed by atoms with Crippen LogP contribution in [0.5, 0.6) is 0 Å². The van der Waals surface area contributed by atoms with E-state index in [1.807, 2.05) is 34.0 Å². The van der Waals surface area contributed by atoms with Crippen LogP contribution in [0, 0.1) is 0 Å². The molecule has 1 rings (SSSR count). The molecule has 15 heavy (non-hydrogen) atoms. The zero-order valence-corrected chi connectivity index (χ0v) is 10.8. The molecule has 0 N–H and O–H groups in total. The van der Waals surface area contributed by atoms with Crippen molar-refractivity contribution in [3.8, 4) is 0 Å². The molecule has 88 valence electrons. The first-order chi connectivity index (χ1) is 6.76. The van der Waals surface area contributed by atoms with E-state index in [0.717, 1.165) is 0 Å². The number of amides is 1. The zero-order chi connectivity index (χ0) is 11.7. The Labute approximate surface area is 95.5 Å². The van der Waals surface area contributed by atoms with E-state index in [2.05, 4.69) is 0 Å². The number of ether oxygens (including phenoxy) is 1. The third-order valence-electron chi connectivity index (χ3n) is 1.99. The van der Waals surface area contributed by atoms with E-state index < -0.39 is 5.60 Å². The maximum Gasteiger partial charge on any atom is 0.410 e. The summed E-state index contributed by atoms with van der Waals surface area (Å²) in [6.07, 6.45) is 1.62. The fraction of sp³-hybridized carbons (Fsp3) is 0.900. The van der Waals surface area contributed by atoms with Gasteiger partial charge in [-0.25, -0.2) is 4.79 Å². The maximum absolute atomic E-state index is 11.6. The molecule has 4 nitrogen and oxygen atoms in total. The average molecular weight is 233 g/mol.